The van der Waals surface area contributed by atoms with Gasteiger partial charge in [0.15, 0.2) is 0 Å². The summed E-state index contributed by atoms with van der Waals surface area (Å²) < 4.78 is 7.51. The number of halogens is 1. The average molecular weight is 445 g/mol. The Kier molecular flexibility index (Phi) is 5.54. The van der Waals surface area contributed by atoms with Crippen LogP contribution in [0, 0.1) is 0 Å². The smallest absolute Gasteiger partial charge is 0.261 e. The lowest BCUT2D eigenvalue weighted by Crippen LogP contribution is -2.47. The van der Waals surface area contributed by atoms with Crippen LogP contribution < -0.4 is 15.4 Å². The Hall–Kier alpha value is -2.52. The molecule has 0 aliphatic carbocycles. The second-order valence-corrected chi connectivity index (χ2v) is 7.53. The maximum Gasteiger partial charge on any atom is 0.261 e. The second-order valence-electron chi connectivity index (χ2n) is 6.61. The van der Waals surface area contributed by atoms with Gasteiger partial charge in [0.2, 0.25) is 5.95 Å². The largest absolute Gasteiger partial charge is 0.383 e. The van der Waals surface area contributed by atoms with Gasteiger partial charge in [-0.2, -0.15) is 0 Å². The van der Waals surface area contributed by atoms with E-state index in [0.717, 1.165) is 47.8 Å². The summed E-state index contributed by atoms with van der Waals surface area (Å²) >= 11 is 3.36. The molecule has 0 radical (unpaired) electrons. The van der Waals surface area contributed by atoms with Gasteiger partial charge in [-0.3, -0.25) is 9.36 Å². The van der Waals surface area contributed by atoms with E-state index in [1.54, 1.807) is 30.4 Å². The second kappa shape index (κ2) is 8.24. The molecule has 0 bridgehead atoms. The number of rotatable bonds is 5. The molecule has 3 heterocycles. The van der Waals surface area contributed by atoms with Crippen LogP contribution in [0.3, 0.4) is 0 Å². The SMILES string of the molecule is COCCn1cnc2cc(N3CCN(c4ncc(Br)cn4)CC3)ccc2c1=O. The van der Waals surface area contributed by atoms with Crippen molar-refractivity contribution >= 4 is 38.5 Å². The molecular formula is C19H21BrN6O2. The number of ether oxygens (including phenoxy) is 1. The van der Waals surface area contributed by atoms with Crippen LogP contribution >= 0.6 is 15.9 Å². The third kappa shape index (κ3) is 3.85. The number of aromatic nitrogens is 4. The van der Waals surface area contributed by atoms with E-state index in [-0.39, 0.29) is 5.56 Å². The van der Waals surface area contributed by atoms with Gasteiger partial charge in [0.05, 0.1) is 34.9 Å². The molecule has 1 aliphatic rings. The van der Waals surface area contributed by atoms with E-state index in [9.17, 15) is 4.79 Å². The van der Waals surface area contributed by atoms with Gasteiger partial charge in [-0.25, -0.2) is 15.0 Å². The van der Waals surface area contributed by atoms with Crippen LogP contribution in [0.25, 0.3) is 10.9 Å². The summed E-state index contributed by atoms with van der Waals surface area (Å²) in [6, 6.07) is 5.86. The Morgan fingerprint density at radius 2 is 1.79 bits per heavy atom. The van der Waals surface area contributed by atoms with E-state index >= 15 is 0 Å². The molecule has 0 spiro atoms. The van der Waals surface area contributed by atoms with Crippen LogP contribution in [0.5, 0.6) is 0 Å². The average Bonchev–Trinajstić information content (AvgIpc) is 2.74. The van der Waals surface area contributed by atoms with E-state index in [4.69, 9.17) is 4.74 Å². The van der Waals surface area contributed by atoms with Gasteiger partial charge in [-0.1, -0.05) is 0 Å². The lowest BCUT2D eigenvalue weighted by molar-refractivity contribution is 0.186. The van der Waals surface area contributed by atoms with Crippen molar-refractivity contribution < 1.29 is 4.74 Å². The Morgan fingerprint density at radius 1 is 1.07 bits per heavy atom. The maximum atomic E-state index is 12.6. The van der Waals surface area contributed by atoms with Crippen molar-refractivity contribution in [1.82, 2.24) is 19.5 Å². The van der Waals surface area contributed by atoms with Gasteiger partial charge in [-0.15, -0.1) is 0 Å². The zero-order valence-corrected chi connectivity index (χ0v) is 17.2. The topological polar surface area (TPSA) is 76.4 Å². The molecule has 0 amide bonds. The molecule has 4 rings (SSSR count). The number of hydrogen-bond donors (Lipinski definition) is 0. The lowest BCUT2D eigenvalue weighted by Gasteiger charge is -2.36. The summed E-state index contributed by atoms with van der Waals surface area (Å²) in [5.41, 5.74) is 1.76. The number of hydrogen-bond acceptors (Lipinski definition) is 7. The molecule has 8 nitrogen and oxygen atoms in total. The summed E-state index contributed by atoms with van der Waals surface area (Å²) in [5.74, 6) is 0.750. The van der Waals surface area contributed by atoms with Crippen LogP contribution in [0.2, 0.25) is 0 Å². The first-order valence-electron chi connectivity index (χ1n) is 9.11. The van der Waals surface area contributed by atoms with Crippen LogP contribution in [0.1, 0.15) is 0 Å². The fourth-order valence-corrected chi connectivity index (χ4v) is 3.53. The molecule has 0 N–H and O–H groups in total. The van der Waals surface area contributed by atoms with Crippen molar-refractivity contribution in [3.05, 3.63) is 51.7 Å². The molecule has 1 aromatic carbocycles. The molecule has 1 fully saturated rings. The first kappa shape index (κ1) is 18.8. The van der Waals surface area contributed by atoms with Crippen LogP contribution in [0.4, 0.5) is 11.6 Å². The molecular weight excluding hydrogens is 424 g/mol. The standard InChI is InChI=1S/C19H21BrN6O2/c1-28-9-8-26-13-23-17-10-15(2-3-16(17)18(26)27)24-4-6-25(7-5-24)19-21-11-14(20)12-22-19/h2-3,10-13H,4-9H2,1H3. The Balaban J connectivity index is 1.49. The van der Waals surface area contributed by atoms with E-state index < -0.39 is 0 Å². The molecule has 2 aromatic heterocycles. The molecule has 146 valence electrons. The maximum absolute atomic E-state index is 12.6. The Bertz CT molecular complexity index is 1020. The lowest BCUT2D eigenvalue weighted by atomic mass is 10.2. The van der Waals surface area contributed by atoms with E-state index in [0.29, 0.717) is 18.5 Å². The highest BCUT2D eigenvalue weighted by molar-refractivity contribution is 9.10. The van der Waals surface area contributed by atoms with E-state index in [1.807, 2.05) is 18.2 Å². The van der Waals surface area contributed by atoms with Crippen molar-refractivity contribution in [2.24, 2.45) is 0 Å². The monoisotopic (exact) mass is 444 g/mol. The summed E-state index contributed by atoms with van der Waals surface area (Å²) in [4.78, 5) is 30.3. The number of nitrogens with zero attached hydrogens (tertiary/aromatic N) is 6. The third-order valence-electron chi connectivity index (χ3n) is 4.88. The normalized spacial score (nSPS) is 14.6. The minimum absolute atomic E-state index is 0.0363. The van der Waals surface area contributed by atoms with Gasteiger partial charge < -0.3 is 14.5 Å². The number of anilines is 2. The van der Waals surface area contributed by atoms with Gasteiger partial charge in [0, 0.05) is 51.4 Å². The van der Waals surface area contributed by atoms with Crippen molar-refractivity contribution in [2.75, 3.05) is 49.7 Å². The molecule has 1 saturated heterocycles. The Labute approximate surface area is 170 Å². The minimum Gasteiger partial charge on any atom is -0.383 e. The minimum atomic E-state index is -0.0363. The third-order valence-corrected chi connectivity index (χ3v) is 5.29. The first-order chi connectivity index (χ1) is 13.7. The summed E-state index contributed by atoms with van der Waals surface area (Å²) in [6.45, 7) is 4.38. The van der Waals surface area contributed by atoms with E-state index in [1.165, 1.54) is 0 Å². The molecule has 9 heteroatoms. The van der Waals surface area contributed by atoms with Crippen LogP contribution in [0.15, 0.2) is 46.2 Å². The fraction of sp³-hybridized carbons (Fsp3) is 0.368. The highest BCUT2D eigenvalue weighted by atomic mass is 79.9. The predicted molar refractivity (Wildman–Crippen MR) is 112 cm³/mol. The van der Waals surface area contributed by atoms with Gasteiger partial charge in [0.1, 0.15) is 0 Å². The highest BCUT2D eigenvalue weighted by Gasteiger charge is 2.19. The quantitative estimate of drug-likeness (QED) is 0.594. The number of methoxy groups -OCH3 is 1. The van der Waals surface area contributed by atoms with Crippen molar-refractivity contribution in [3.8, 4) is 0 Å². The highest BCUT2D eigenvalue weighted by Crippen LogP contribution is 2.21. The number of benzene rings is 1. The molecule has 1 aliphatic heterocycles. The first-order valence-corrected chi connectivity index (χ1v) is 9.90. The molecule has 0 unspecified atom stereocenters. The molecule has 0 atom stereocenters. The number of fused-ring (bicyclic) bond motifs is 1. The zero-order chi connectivity index (χ0) is 19.5. The van der Waals surface area contributed by atoms with Crippen molar-refractivity contribution in [2.45, 2.75) is 6.54 Å². The zero-order valence-electron chi connectivity index (χ0n) is 15.6. The predicted octanol–water partition coefficient (Wildman–Crippen LogP) is 1.92. The summed E-state index contributed by atoms with van der Waals surface area (Å²) in [7, 11) is 1.62. The fourth-order valence-electron chi connectivity index (χ4n) is 3.33. The van der Waals surface area contributed by atoms with E-state index in [2.05, 4.69) is 40.7 Å². The molecule has 28 heavy (non-hydrogen) atoms. The number of piperazine rings is 1. The molecule has 0 saturated carbocycles. The Morgan fingerprint density at radius 3 is 2.50 bits per heavy atom. The van der Waals surface area contributed by atoms with Crippen LogP contribution in [-0.2, 0) is 11.3 Å². The van der Waals surface area contributed by atoms with Crippen molar-refractivity contribution in [3.63, 3.8) is 0 Å². The summed E-state index contributed by atoms with van der Waals surface area (Å²) in [5, 5.41) is 0.629. The van der Waals surface area contributed by atoms with Gasteiger partial charge >= 0.3 is 0 Å². The summed E-state index contributed by atoms with van der Waals surface area (Å²) in [6.07, 6.45) is 5.13. The van der Waals surface area contributed by atoms with Gasteiger partial charge in [0.25, 0.3) is 5.56 Å². The van der Waals surface area contributed by atoms with Gasteiger partial charge in [-0.05, 0) is 34.1 Å². The van der Waals surface area contributed by atoms with Crippen LogP contribution in [-0.4, -0.2) is 59.4 Å². The molecule has 3 aromatic rings. The van der Waals surface area contributed by atoms with Crippen molar-refractivity contribution in [1.29, 1.82) is 0 Å².